The van der Waals surface area contributed by atoms with Gasteiger partial charge in [0.25, 0.3) is 0 Å². The fourth-order valence-corrected chi connectivity index (χ4v) is 8.43. The van der Waals surface area contributed by atoms with E-state index >= 15 is 0 Å². The number of aliphatic hydroxyl groups is 1. The van der Waals surface area contributed by atoms with Gasteiger partial charge >= 0.3 is 61.6 Å². The summed E-state index contributed by atoms with van der Waals surface area (Å²) >= 11 is 4.74. The predicted octanol–water partition coefficient (Wildman–Crippen LogP) is 9.92. The van der Waals surface area contributed by atoms with Crippen LogP contribution in [0.4, 0.5) is 9.59 Å². The molecule has 0 aromatic heterocycles. The molecule has 1 N–H and O–H groups in total. The number of hydrogen-bond donors (Lipinski definition) is 1. The molecule has 4 atom stereocenters. The molecule has 3 heterocycles. The van der Waals surface area contributed by atoms with Gasteiger partial charge in [-0.05, 0) is 102 Å². The number of benzene rings is 3. The molecule has 3 aromatic carbocycles. The minimum atomic E-state index is -0.598. The van der Waals surface area contributed by atoms with Crippen LogP contribution in [0.5, 0.6) is 23.0 Å². The molecule has 2 aliphatic carbocycles. The maximum absolute atomic E-state index is 13.2. The van der Waals surface area contributed by atoms with E-state index in [0.717, 1.165) is 71.9 Å². The van der Waals surface area contributed by atoms with Gasteiger partial charge in [0.2, 0.25) is 13.6 Å². The van der Waals surface area contributed by atoms with Gasteiger partial charge < -0.3 is 50.8 Å². The van der Waals surface area contributed by atoms with Crippen LogP contribution < -0.4 is 18.9 Å². The van der Waals surface area contributed by atoms with Crippen LogP contribution in [-0.2, 0) is 38.3 Å². The van der Waals surface area contributed by atoms with Crippen molar-refractivity contribution < 1.29 is 52.6 Å². The van der Waals surface area contributed by atoms with Gasteiger partial charge in [-0.2, -0.15) is 0 Å². The van der Waals surface area contributed by atoms with E-state index in [1.54, 1.807) is 4.90 Å². The monoisotopic (exact) mass is 1050 g/mol. The zero-order chi connectivity index (χ0) is 40.2. The molecule has 311 valence electrons. The van der Waals surface area contributed by atoms with Gasteiger partial charge in [0.1, 0.15) is 11.2 Å². The van der Waals surface area contributed by atoms with E-state index < -0.39 is 11.2 Å². The van der Waals surface area contributed by atoms with Crippen LogP contribution in [0.15, 0.2) is 54.6 Å². The van der Waals surface area contributed by atoms with Crippen molar-refractivity contribution in [2.24, 2.45) is 0 Å². The van der Waals surface area contributed by atoms with Crippen LogP contribution in [0.2, 0.25) is 0 Å². The van der Waals surface area contributed by atoms with Crippen molar-refractivity contribution >= 4 is 52.1 Å². The average molecular weight is 1050 g/mol. The molecular formula is C43H55I2N2O9V-. The van der Waals surface area contributed by atoms with Gasteiger partial charge in [-0.15, -0.1) is 0 Å². The summed E-state index contributed by atoms with van der Waals surface area (Å²) in [6.07, 6.45) is 3.77. The molecule has 5 aliphatic rings. The number of carbonyl (C=O) groups is 2. The third kappa shape index (κ3) is 10.8. The summed E-state index contributed by atoms with van der Waals surface area (Å²) in [6, 6.07) is 18.0. The standard InChI is InChI=1S/C24H29NO5.C18H23NO4.CH3.2HI.V/c1-24(2,3)30-23(27)25(13-16-7-5-4-6-8-16)20-11-9-18-17(19(20)14-26)10-12-21-22(18)29-15-28-21;1-18(2,3)23-17(20)19-9-8-12-11-5-7-15-16(22-10-21-15)13(11)4-6-14(12)19;;;;/h4-8,10,12,19-20,26H,9,11,13-15H2,1-3H3;5,7,12,14H,4,6,8-10H2,1-3H3;1H3;2*1H;/q;;-1;;;+2/p-2/t19-,20-;12?,14-;;;;/m11..../s1. The van der Waals surface area contributed by atoms with Crippen LogP contribution in [0, 0.1) is 7.43 Å². The maximum atomic E-state index is 13.2. The third-order valence-electron chi connectivity index (χ3n) is 10.6. The molecule has 57 heavy (non-hydrogen) atoms. The predicted molar refractivity (Wildman–Crippen MR) is 232 cm³/mol. The van der Waals surface area contributed by atoms with E-state index in [1.165, 1.54) is 11.1 Å². The zero-order valence-electron chi connectivity index (χ0n) is 33.9. The van der Waals surface area contributed by atoms with Crippen LogP contribution in [0.3, 0.4) is 0 Å². The fraction of sp³-hybridized carbons (Fsp3) is 0.512. The molecule has 11 nitrogen and oxygen atoms in total. The molecule has 0 radical (unpaired) electrons. The SMILES string of the molecule is CC(C)(C)OC(=O)N(Cc1ccccc1)[C@@H]1CCc2c(ccc3c2OCO3)[C@H]1CO.CC(C)(C)OC(=O)N1CCC2c3ccc4c(c3CC[C@H]21)OCO4.[CH3-].[I][V][I]. The molecule has 3 aromatic rings. The first-order valence-corrected chi connectivity index (χ1v) is 28.1. The number of rotatable bonds is 4. The van der Waals surface area contributed by atoms with Gasteiger partial charge in [0.15, 0.2) is 23.0 Å². The number of likely N-dealkylation sites (tertiary alicyclic amines) is 1. The molecule has 8 rings (SSSR count). The van der Waals surface area contributed by atoms with Crippen LogP contribution in [-0.4, -0.2) is 77.1 Å². The van der Waals surface area contributed by atoms with Crippen molar-refractivity contribution in [3.63, 3.8) is 0 Å². The summed E-state index contributed by atoms with van der Waals surface area (Å²) in [5.41, 5.74) is 4.65. The first-order valence-electron chi connectivity index (χ1n) is 19.1. The number of carbonyl (C=O) groups excluding carboxylic acids is 2. The van der Waals surface area contributed by atoms with E-state index in [2.05, 4.69) is 46.0 Å². The molecule has 0 spiro atoms. The van der Waals surface area contributed by atoms with Gasteiger partial charge in [-0.3, -0.25) is 0 Å². The second kappa shape index (κ2) is 19.6. The van der Waals surface area contributed by atoms with Crippen molar-refractivity contribution in [2.45, 2.75) is 115 Å². The Morgan fingerprint density at radius 3 is 1.95 bits per heavy atom. The quantitative estimate of drug-likeness (QED) is 0.202. The third-order valence-corrected chi connectivity index (χ3v) is 10.6. The number of ether oxygens (including phenoxy) is 6. The van der Waals surface area contributed by atoms with E-state index in [0.29, 0.717) is 35.1 Å². The van der Waals surface area contributed by atoms with Crippen LogP contribution in [0.25, 0.3) is 0 Å². The number of hydrogen-bond acceptors (Lipinski definition) is 9. The normalized spacial score (nSPS) is 20.8. The molecule has 1 fully saturated rings. The number of fused-ring (bicyclic) bond motifs is 8. The Morgan fingerprint density at radius 2 is 1.37 bits per heavy atom. The Bertz CT molecular complexity index is 1850. The Labute approximate surface area is 366 Å². The Balaban J connectivity index is 0.000000206. The number of aliphatic hydroxyl groups excluding tert-OH is 1. The summed E-state index contributed by atoms with van der Waals surface area (Å²) in [5, 5.41) is 10.3. The van der Waals surface area contributed by atoms with Crippen molar-refractivity contribution in [2.75, 3.05) is 26.7 Å². The van der Waals surface area contributed by atoms with Crippen molar-refractivity contribution in [3.8, 4) is 23.0 Å². The fourth-order valence-electron chi connectivity index (χ4n) is 8.43. The Kier molecular flexibility index (Phi) is 15.7. The van der Waals surface area contributed by atoms with Crippen molar-refractivity contribution in [1.29, 1.82) is 0 Å². The summed E-state index contributed by atoms with van der Waals surface area (Å²) in [6.45, 7) is 13.0. The van der Waals surface area contributed by atoms with Crippen molar-refractivity contribution in [1.82, 2.24) is 9.80 Å². The van der Waals surface area contributed by atoms with Gasteiger partial charge in [-0.1, -0.05) is 42.5 Å². The topological polar surface area (TPSA) is 116 Å². The summed E-state index contributed by atoms with van der Waals surface area (Å²) in [4.78, 5) is 29.4. The summed E-state index contributed by atoms with van der Waals surface area (Å²) < 4.78 is 33.7. The van der Waals surface area contributed by atoms with Gasteiger partial charge in [0, 0.05) is 48.1 Å². The van der Waals surface area contributed by atoms with E-state index in [-0.39, 0.29) is 51.0 Å². The first-order chi connectivity index (χ1) is 26.7. The van der Waals surface area contributed by atoms with E-state index in [4.69, 9.17) is 28.4 Å². The molecule has 3 aliphatic heterocycles. The number of nitrogens with zero attached hydrogens (tertiary/aromatic N) is 2. The van der Waals surface area contributed by atoms with Crippen molar-refractivity contribution in [3.05, 3.63) is 89.8 Å². The molecule has 1 saturated heterocycles. The number of amides is 2. The molecule has 0 bridgehead atoms. The summed E-state index contributed by atoms with van der Waals surface area (Å²) in [7, 11) is 0.628. The second-order valence-corrected chi connectivity index (χ2v) is 28.3. The zero-order valence-corrected chi connectivity index (χ0v) is 39.6. The molecule has 0 saturated carbocycles. The van der Waals surface area contributed by atoms with Crippen LogP contribution >= 0.6 is 40.0 Å². The summed E-state index contributed by atoms with van der Waals surface area (Å²) in [5.74, 6) is 3.44. The van der Waals surface area contributed by atoms with E-state index in [9.17, 15) is 14.7 Å². The second-order valence-electron chi connectivity index (χ2n) is 16.5. The molecule has 14 heteroatoms. The Morgan fingerprint density at radius 1 is 0.807 bits per heavy atom. The van der Waals surface area contributed by atoms with E-state index in [1.807, 2.05) is 95.0 Å². The number of halogens is 2. The first kappa shape index (κ1) is 45.5. The average Bonchev–Trinajstić information content (AvgIpc) is 3.93. The molecular weight excluding hydrogens is 993 g/mol. The minimum absolute atomic E-state index is 0. The molecule has 1 unspecified atom stereocenters. The Hall–Kier alpha value is -2.60. The van der Waals surface area contributed by atoms with Gasteiger partial charge in [-0.25, -0.2) is 9.59 Å². The molecule has 2 amide bonds. The van der Waals surface area contributed by atoms with Gasteiger partial charge in [0.05, 0.1) is 6.61 Å². The van der Waals surface area contributed by atoms with Crippen LogP contribution in [0.1, 0.15) is 100 Å².